The van der Waals surface area contributed by atoms with Crippen molar-refractivity contribution in [1.82, 2.24) is 5.32 Å². The zero-order chi connectivity index (χ0) is 15.7. The Morgan fingerprint density at radius 2 is 1.95 bits per heavy atom. The SMILES string of the molecule is C[C@H](NCc1ccc2c(c1)CCO2)c1cc(Cl)c(N)c(Cl)c1. The molecule has 3 rings (SSSR count). The molecule has 0 radical (unpaired) electrons. The highest BCUT2D eigenvalue weighted by Crippen LogP contribution is 2.31. The summed E-state index contributed by atoms with van der Waals surface area (Å²) in [5, 5.41) is 4.46. The predicted molar refractivity (Wildman–Crippen MR) is 91.8 cm³/mol. The van der Waals surface area contributed by atoms with E-state index in [2.05, 4.69) is 24.4 Å². The molecule has 0 saturated carbocycles. The Kier molecular flexibility index (Phi) is 4.48. The number of hydrogen-bond acceptors (Lipinski definition) is 3. The quantitative estimate of drug-likeness (QED) is 0.815. The van der Waals surface area contributed by atoms with Crippen molar-refractivity contribution in [2.75, 3.05) is 12.3 Å². The molecule has 0 saturated heterocycles. The zero-order valence-electron chi connectivity index (χ0n) is 12.3. The summed E-state index contributed by atoms with van der Waals surface area (Å²) in [4.78, 5) is 0. The molecule has 22 heavy (non-hydrogen) atoms. The summed E-state index contributed by atoms with van der Waals surface area (Å²) in [6.45, 7) is 3.63. The summed E-state index contributed by atoms with van der Waals surface area (Å²) >= 11 is 12.2. The smallest absolute Gasteiger partial charge is 0.122 e. The van der Waals surface area contributed by atoms with Gasteiger partial charge in [-0.05, 0) is 41.8 Å². The number of anilines is 1. The van der Waals surface area contributed by atoms with Crippen LogP contribution in [0.25, 0.3) is 0 Å². The molecule has 0 spiro atoms. The van der Waals surface area contributed by atoms with E-state index in [9.17, 15) is 0 Å². The zero-order valence-corrected chi connectivity index (χ0v) is 13.8. The van der Waals surface area contributed by atoms with Crippen LogP contribution in [0, 0.1) is 0 Å². The highest BCUT2D eigenvalue weighted by atomic mass is 35.5. The second kappa shape index (κ2) is 6.37. The van der Waals surface area contributed by atoms with Crippen molar-refractivity contribution in [3.05, 3.63) is 57.1 Å². The largest absolute Gasteiger partial charge is 0.493 e. The van der Waals surface area contributed by atoms with E-state index in [1.807, 2.05) is 18.2 Å². The number of fused-ring (bicyclic) bond motifs is 1. The van der Waals surface area contributed by atoms with Gasteiger partial charge >= 0.3 is 0 Å². The number of nitrogens with one attached hydrogen (secondary N) is 1. The molecule has 0 fully saturated rings. The average molecular weight is 337 g/mol. The molecule has 0 bridgehead atoms. The van der Waals surface area contributed by atoms with Crippen LogP contribution in [0.1, 0.15) is 29.7 Å². The highest BCUT2D eigenvalue weighted by Gasteiger charge is 2.13. The van der Waals surface area contributed by atoms with Crippen molar-refractivity contribution in [3.8, 4) is 5.75 Å². The normalized spacial score (nSPS) is 14.5. The van der Waals surface area contributed by atoms with Gasteiger partial charge in [-0.3, -0.25) is 0 Å². The predicted octanol–water partition coefficient (Wildman–Crippen LogP) is 4.36. The number of nitrogen functional groups attached to an aromatic ring is 1. The van der Waals surface area contributed by atoms with Crippen LogP contribution >= 0.6 is 23.2 Å². The first-order chi connectivity index (χ1) is 10.5. The molecular formula is C17H18Cl2N2O. The van der Waals surface area contributed by atoms with E-state index >= 15 is 0 Å². The summed E-state index contributed by atoms with van der Waals surface area (Å²) in [5.41, 5.74) is 9.74. The van der Waals surface area contributed by atoms with Gasteiger partial charge in [-0.1, -0.05) is 35.3 Å². The lowest BCUT2D eigenvalue weighted by Crippen LogP contribution is -2.18. The molecule has 1 aliphatic rings. The van der Waals surface area contributed by atoms with E-state index in [1.54, 1.807) is 0 Å². The first-order valence-corrected chi connectivity index (χ1v) is 8.02. The van der Waals surface area contributed by atoms with Crippen molar-refractivity contribution in [2.24, 2.45) is 0 Å². The molecule has 1 aliphatic heterocycles. The summed E-state index contributed by atoms with van der Waals surface area (Å²) in [5.74, 6) is 1.01. The number of hydrogen-bond donors (Lipinski definition) is 2. The Morgan fingerprint density at radius 3 is 2.68 bits per heavy atom. The molecule has 0 unspecified atom stereocenters. The van der Waals surface area contributed by atoms with E-state index in [-0.39, 0.29) is 6.04 Å². The van der Waals surface area contributed by atoms with Crippen molar-refractivity contribution >= 4 is 28.9 Å². The molecular weight excluding hydrogens is 319 g/mol. The minimum absolute atomic E-state index is 0.125. The van der Waals surface area contributed by atoms with Crippen LogP contribution < -0.4 is 15.8 Å². The number of rotatable bonds is 4. The van der Waals surface area contributed by atoms with E-state index in [0.717, 1.165) is 30.9 Å². The maximum atomic E-state index is 6.09. The molecule has 2 aromatic carbocycles. The van der Waals surface area contributed by atoms with E-state index in [0.29, 0.717) is 15.7 Å². The summed E-state index contributed by atoms with van der Waals surface area (Å²) in [7, 11) is 0. The summed E-state index contributed by atoms with van der Waals surface area (Å²) < 4.78 is 5.52. The monoisotopic (exact) mass is 336 g/mol. The van der Waals surface area contributed by atoms with Crippen molar-refractivity contribution in [3.63, 3.8) is 0 Å². The number of nitrogens with two attached hydrogens (primary N) is 1. The number of ether oxygens (including phenoxy) is 1. The van der Waals surface area contributed by atoms with Crippen molar-refractivity contribution in [1.29, 1.82) is 0 Å². The summed E-state index contributed by atoms with van der Waals surface area (Å²) in [6.07, 6.45) is 0.988. The third-order valence-corrected chi connectivity index (χ3v) is 4.59. The lowest BCUT2D eigenvalue weighted by Gasteiger charge is -2.16. The van der Waals surface area contributed by atoms with Gasteiger partial charge in [-0.2, -0.15) is 0 Å². The van der Waals surface area contributed by atoms with Crippen molar-refractivity contribution < 1.29 is 4.74 Å². The Labute approximate surface area is 140 Å². The lowest BCUT2D eigenvalue weighted by molar-refractivity contribution is 0.357. The highest BCUT2D eigenvalue weighted by molar-refractivity contribution is 6.38. The van der Waals surface area contributed by atoms with Gasteiger partial charge in [0.25, 0.3) is 0 Å². The first-order valence-electron chi connectivity index (χ1n) is 7.27. The minimum Gasteiger partial charge on any atom is -0.493 e. The molecule has 1 atom stereocenters. The fraction of sp³-hybridized carbons (Fsp3) is 0.294. The second-order valence-electron chi connectivity index (χ2n) is 5.54. The average Bonchev–Trinajstić information content (AvgIpc) is 2.97. The third-order valence-electron chi connectivity index (χ3n) is 3.97. The van der Waals surface area contributed by atoms with Gasteiger partial charge in [0.2, 0.25) is 0 Å². The van der Waals surface area contributed by atoms with Crippen LogP contribution in [0.3, 0.4) is 0 Å². The Bertz CT molecular complexity index is 680. The minimum atomic E-state index is 0.125. The Hall–Kier alpha value is -1.42. The van der Waals surface area contributed by atoms with Crippen LogP contribution in [0.15, 0.2) is 30.3 Å². The molecule has 2 aromatic rings. The maximum absolute atomic E-state index is 6.09. The van der Waals surface area contributed by atoms with Crippen LogP contribution in [0.4, 0.5) is 5.69 Å². The van der Waals surface area contributed by atoms with Gasteiger partial charge in [-0.25, -0.2) is 0 Å². The van der Waals surface area contributed by atoms with E-state index in [4.69, 9.17) is 33.7 Å². The van der Waals surface area contributed by atoms with E-state index in [1.165, 1.54) is 11.1 Å². The van der Waals surface area contributed by atoms with Crippen LogP contribution in [0.2, 0.25) is 10.0 Å². The standard InChI is InChI=1S/C17H18Cl2N2O/c1-10(13-7-14(18)17(20)15(19)8-13)21-9-11-2-3-16-12(6-11)4-5-22-16/h2-3,6-8,10,21H,4-5,9,20H2,1H3/t10-/m0/s1. The van der Waals surface area contributed by atoms with Gasteiger partial charge in [-0.15, -0.1) is 0 Å². The van der Waals surface area contributed by atoms with Gasteiger partial charge in [0.15, 0.2) is 0 Å². The second-order valence-corrected chi connectivity index (χ2v) is 6.36. The Balaban J connectivity index is 1.68. The molecule has 3 nitrogen and oxygen atoms in total. The Morgan fingerprint density at radius 1 is 1.23 bits per heavy atom. The van der Waals surface area contributed by atoms with Gasteiger partial charge in [0.05, 0.1) is 22.3 Å². The van der Waals surface area contributed by atoms with Crippen LogP contribution in [-0.2, 0) is 13.0 Å². The number of halogens is 2. The summed E-state index contributed by atoms with van der Waals surface area (Å²) in [6, 6.07) is 10.2. The fourth-order valence-electron chi connectivity index (χ4n) is 2.59. The van der Waals surface area contributed by atoms with Gasteiger partial charge < -0.3 is 15.8 Å². The molecule has 1 heterocycles. The maximum Gasteiger partial charge on any atom is 0.122 e. The van der Waals surface area contributed by atoms with Crippen LogP contribution in [-0.4, -0.2) is 6.61 Å². The third kappa shape index (κ3) is 3.17. The topological polar surface area (TPSA) is 47.3 Å². The lowest BCUT2D eigenvalue weighted by atomic mass is 10.1. The molecule has 3 N–H and O–H groups in total. The van der Waals surface area contributed by atoms with Crippen molar-refractivity contribution in [2.45, 2.75) is 25.9 Å². The fourth-order valence-corrected chi connectivity index (χ4v) is 3.10. The van der Waals surface area contributed by atoms with Crippen LogP contribution in [0.5, 0.6) is 5.75 Å². The first kappa shape index (κ1) is 15.5. The molecule has 116 valence electrons. The molecule has 0 amide bonds. The van der Waals surface area contributed by atoms with E-state index < -0.39 is 0 Å². The van der Waals surface area contributed by atoms with Gasteiger partial charge in [0.1, 0.15) is 5.75 Å². The molecule has 0 aliphatic carbocycles. The number of benzene rings is 2. The molecule has 0 aromatic heterocycles. The van der Waals surface area contributed by atoms with Gasteiger partial charge in [0, 0.05) is 19.0 Å². The molecule has 5 heteroatoms.